The molecule has 0 spiro atoms. The van der Waals surface area contributed by atoms with Crippen LogP contribution in [-0.4, -0.2) is 29.5 Å². The molecule has 0 amide bonds. The number of imidazole rings is 1. The highest BCUT2D eigenvalue weighted by Crippen LogP contribution is 2.23. The van der Waals surface area contributed by atoms with Crippen molar-refractivity contribution in [3.05, 3.63) is 82.9 Å². The predicted molar refractivity (Wildman–Crippen MR) is 105 cm³/mol. The van der Waals surface area contributed by atoms with Crippen LogP contribution in [0, 0.1) is 17.0 Å². The largest absolute Gasteiger partial charge is 0.358 e. The van der Waals surface area contributed by atoms with E-state index in [0.29, 0.717) is 18.9 Å². The van der Waals surface area contributed by atoms with Crippen LogP contribution in [0.1, 0.15) is 5.82 Å². The van der Waals surface area contributed by atoms with E-state index in [9.17, 15) is 10.1 Å². The molecule has 140 valence electrons. The molecule has 8 nitrogen and oxygen atoms in total. The van der Waals surface area contributed by atoms with Gasteiger partial charge in [0.05, 0.1) is 12.7 Å². The molecule has 0 atom stereocenters. The summed E-state index contributed by atoms with van der Waals surface area (Å²) in [6.45, 7) is 2.61. The maximum absolute atomic E-state index is 11.1. The zero-order valence-electron chi connectivity index (χ0n) is 15.3. The van der Waals surface area contributed by atoms with Crippen LogP contribution >= 0.6 is 0 Å². The van der Waals surface area contributed by atoms with Crippen LogP contribution in [0.15, 0.2) is 67.0 Å². The third-order valence-electron chi connectivity index (χ3n) is 4.60. The third kappa shape index (κ3) is 3.52. The van der Waals surface area contributed by atoms with Crippen molar-refractivity contribution in [3.8, 4) is 22.4 Å². The summed E-state index contributed by atoms with van der Waals surface area (Å²) in [5, 5.41) is 19.4. The second-order valence-corrected chi connectivity index (χ2v) is 6.38. The summed E-state index contributed by atoms with van der Waals surface area (Å²) in [6, 6.07) is 18.3. The molecule has 2 heterocycles. The number of aromatic nitrogens is 5. The Hall–Kier alpha value is -3.81. The van der Waals surface area contributed by atoms with Gasteiger partial charge in [0.15, 0.2) is 5.82 Å². The van der Waals surface area contributed by atoms with Crippen LogP contribution in [0.3, 0.4) is 0 Å². The average Bonchev–Trinajstić information content (AvgIpc) is 3.34. The molecule has 0 saturated carbocycles. The van der Waals surface area contributed by atoms with Crippen LogP contribution in [0.25, 0.3) is 22.4 Å². The highest BCUT2D eigenvalue weighted by molar-refractivity contribution is 5.68. The maximum atomic E-state index is 11.1. The molecule has 0 aliphatic rings. The van der Waals surface area contributed by atoms with Gasteiger partial charge in [0.2, 0.25) is 0 Å². The molecule has 28 heavy (non-hydrogen) atoms. The van der Waals surface area contributed by atoms with Gasteiger partial charge in [-0.15, -0.1) is 5.10 Å². The molecule has 8 heteroatoms. The lowest BCUT2D eigenvalue weighted by atomic mass is 10.0. The lowest BCUT2D eigenvalue weighted by Crippen LogP contribution is -2.11. The summed E-state index contributed by atoms with van der Waals surface area (Å²) < 4.78 is 3.25. The van der Waals surface area contributed by atoms with E-state index in [2.05, 4.69) is 39.6 Å². The molecule has 2 aromatic heterocycles. The third-order valence-corrected chi connectivity index (χ3v) is 4.60. The first kappa shape index (κ1) is 17.6. The summed E-state index contributed by atoms with van der Waals surface area (Å²) in [6.07, 6.45) is 3.12. The van der Waals surface area contributed by atoms with E-state index in [1.54, 1.807) is 16.2 Å². The van der Waals surface area contributed by atoms with Gasteiger partial charge in [-0.2, -0.15) is 0 Å². The molecule has 4 rings (SSSR count). The fourth-order valence-corrected chi connectivity index (χ4v) is 3.08. The summed E-state index contributed by atoms with van der Waals surface area (Å²) in [5.41, 5.74) is 4.03. The zero-order chi connectivity index (χ0) is 19.5. The number of aryl methyl sites for hydroxylation is 2. The molecule has 0 N–H and O–H groups in total. The van der Waals surface area contributed by atoms with Crippen LogP contribution < -0.4 is 0 Å². The van der Waals surface area contributed by atoms with Gasteiger partial charge < -0.3 is 10.1 Å². The molecule has 4 aromatic rings. The van der Waals surface area contributed by atoms with E-state index >= 15 is 0 Å². The van der Waals surface area contributed by atoms with Gasteiger partial charge in [-0.3, -0.25) is 0 Å². The summed E-state index contributed by atoms with van der Waals surface area (Å²) in [7, 11) is 0. The van der Waals surface area contributed by atoms with Crippen molar-refractivity contribution < 1.29 is 4.92 Å². The lowest BCUT2D eigenvalue weighted by Gasteiger charge is -2.03. The van der Waals surface area contributed by atoms with Crippen LogP contribution in [0.4, 0.5) is 5.82 Å². The van der Waals surface area contributed by atoms with E-state index in [1.165, 1.54) is 6.20 Å². The smallest absolute Gasteiger partial charge is 0.342 e. The van der Waals surface area contributed by atoms with Gasteiger partial charge in [0.1, 0.15) is 18.4 Å². The number of benzene rings is 2. The molecule has 0 aliphatic heterocycles. The molecule has 0 unspecified atom stereocenters. The van der Waals surface area contributed by atoms with E-state index in [-0.39, 0.29) is 5.82 Å². The van der Waals surface area contributed by atoms with Crippen molar-refractivity contribution in [1.82, 2.24) is 24.5 Å². The Morgan fingerprint density at radius 3 is 2.36 bits per heavy atom. The van der Waals surface area contributed by atoms with E-state index in [4.69, 9.17) is 0 Å². The molecule has 0 saturated heterocycles. The number of nitro groups is 1. The van der Waals surface area contributed by atoms with Crippen molar-refractivity contribution in [3.63, 3.8) is 0 Å². The number of rotatable bonds is 6. The summed E-state index contributed by atoms with van der Waals surface area (Å²) >= 11 is 0. The highest BCUT2D eigenvalue weighted by atomic mass is 16.6. The summed E-state index contributed by atoms with van der Waals surface area (Å²) in [4.78, 5) is 14.7. The molecular weight excluding hydrogens is 356 g/mol. The number of nitrogens with zero attached hydrogens (tertiary/aromatic N) is 6. The molecular formula is C20H18N6O2. The number of hydrogen-bond acceptors (Lipinski definition) is 5. The van der Waals surface area contributed by atoms with Gasteiger partial charge in [0, 0.05) is 12.5 Å². The maximum Gasteiger partial charge on any atom is 0.342 e. The van der Waals surface area contributed by atoms with Crippen LogP contribution in [0.2, 0.25) is 0 Å². The Labute approximate surface area is 161 Å². The Bertz CT molecular complexity index is 1100. The van der Waals surface area contributed by atoms with Gasteiger partial charge in [-0.25, -0.2) is 14.2 Å². The fourth-order valence-electron chi connectivity index (χ4n) is 3.08. The van der Waals surface area contributed by atoms with Gasteiger partial charge in [-0.1, -0.05) is 59.8 Å². The van der Waals surface area contributed by atoms with Crippen molar-refractivity contribution in [2.24, 2.45) is 0 Å². The number of hydrogen-bond donors (Lipinski definition) is 0. The van der Waals surface area contributed by atoms with Crippen molar-refractivity contribution in [2.45, 2.75) is 20.0 Å². The first-order valence-electron chi connectivity index (χ1n) is 8.84. The molecule has 2 aromatic carbocycles. The normalized spacial score (nSPS) is 10.9. The second kappa shape index (κ2) is 7.43. The van der Waals surface area contributed by atoms with Crippen LogP contribution in [0.5, 0.6) is 0 Å². The first-order valence-corrected chi connectivity index (χ1v) is 8.84. The zero-order valence-corrected chi connectivity index (χ0v) is 15.3. The van der Waals surface area contributed by atoms with Crippen molar-refractivity contribution in [2.75, 3.05) is 0 Å². The van der Waals surface area contributed by atoms with Crippen molar-refractivity contribution in [1.29, 1.82) is 0 Å². The lowest BCUT2D eigenvalue weighted by molar-refractivity contribution is -0.392. The minimum atomic E-state index is -0.430. The highest BCUT2D eigenvalue weighted by Gasteiger charge is 2.17. The second-order valence-electron chi connectivity index (χ2n) is 6.38. The molecule has 0 radical (unpaired) electrons. The van der Waals surface area contributed by atoms with E-state index in [1.807, 2.05) is 36.5 Å². The summed E-state index contributed by atoms with van der Waals surface area (Å²) in [5.74, 6) is 0.581. The van der Waals surface area contributed by atoms with E-state index < -0.39 is 4.92 Å². The van der Waals surface area contributed by atoms with Crippen LogP contribution in [-0.2, 0) is 13.1 Å². The standard InChI is InChI=1S/C20H18N6O2/c1-15-21-13-20(26(27)28)25(15)12-11-24-14-19(22-23-24)18-9-7-17(8-10-18)16-5-3-2-4-6-16/h2-10,13-14H,11-12H2,1H3. The Balaban J connectivity index is 1.48. The minimum Gasteiger partial charge on any atom is -0.358 e. The van der Waals surface area contributed by atoms with Gasteiger partial charge in [-0.05, 0) is 16.1 Å². The molecule has 0 bridgehead atoms. The Morgan fingerprint density at radius 1 is 0.964 bits per heavy atom. The Morgan fingerprint density at radius 2 is 1.64 bits per heavy atom. The molecule has 0 aliphatic carbocycles. The van der Waals surface area contributed by atoms with Crippen molar-refractivity contribution >= 4 is 5.82 Å². The average molecular weight is 374 g/mol. The first-order chi connectivity index (χ1) is 13.6. The van der Waals surface area contributed by atoms with Gasteiger partial charge in [0.25, 0.3) is 0 Å². The van der Waals surface area contributed by atoms with Gasteiger partial charge >= 0.3 is 5.82 Å². The molecule has 0 fully saturated rings. The quantitative estimate of drug-likeness (QED) is 0.379. The Kier molecular flexibility index (Phi) is 4.67. The fraction of sp³-hybridized carbons (Fsp3) is 0.150. The predicted octanol–water partition coefficient (Wildman–Crippen LogP) is 3.73. The SMILES string of the molecule is Cc1ncc([N+](=O)[O-])n1CCn1cc(-c2ccc(-c3ccccc3)cc2)nn1. The van der Waals surface area contributed by atoms with E-state index in [0.717, 1.165) is 22.4 Å². The topological polar surface area (TPSA) is 91.7 Å². The monoisotopic (exact) mass is 374 g/mol. The minimum absolute atomic E-state index is 0.0191.